The van der Waals surface area contributed by atoms with E-state index in [0.29, 0.717) is 19.1 Å². The van der Waals surface area contributed by atoms with Gasteiger partial charge in [0.25, 0.3) is 0 Å². The van der Waals surface area contributed by atoms with Crippen LogP contribution in [-0.2, 0) is 9.53 Å². The monoisotopic (exact) mass is 254 g/mol. The Balaban J connectivity index is 2.20. The van der Waals surface area contributed by atoms with Gasteiger partial charge in [-0.2, -0.15) is 0 Å². The van der Waals surface area contributed by atoms with Crippen molar-refractivity contribution < 1.29 is 14.6 Å². The summed E-state index contributed by atoms with van der Waals surface area (Å²) >= 11 is 0. The topological polar surface area (TPSA) is 87.6 Å². The van der Waals surface area contributed by atoms with E-state index in [2.05, 4.69) is 15.3 Å². The third-order valence-electron chi connectivity index (χ3n) is 2.08. The second-order valence-electron chi connectivity index (χ2n) is 3.59. The quantitative estimate of drug-likeness (QED) is 0.581. The van der Waals surface area contributed by atoms with Gasteiger partial charge in [-0.15, -0.1) is 0 Å². The Morgan fingerprint density at radius 1 is 1.44 bits per heavy atom. The lowest BCUT2D eigenvalue weighted by Gasteiger charge is -2.15. The van der Waals surface area contributed by atoms with Gasteiger partial charge in [0.05, 0.1) is 26.4 Å². The standard InChI is InChI=1S/C11H18N4O3/c1-15(11-13-3-2-4-14-11)9-10(17)12-5-7-18-8-6-16/h2-4,16H,5-9H2,1H3,(H,12,17). The number of amides is 1. The first-order valence-corrected chi connectivity index (χ1v) is 5.67. The Hall–Kier alpha value is -1.73. The molecular formula is C11H18N4O3. The van der Waals surface area contributed by atoms with Crippen LogP contribution in [0.25, 0.3) is 0 Å². The number of aliphatic hydroxyl groups is 1. The molecule has 0 aliphatic rings. The van der Waals surface area contributed by atoms with Crippen LogP contribution in [0.5, 0.6) is 0 Å². The van der Waals surface area contributed by atoms with E-state index in [1.165, 1.54) is 0 Å². The number of nitrogens with one attached hydrogen (secondary N) is 1. The van der Waals surface area contributed by atoms with Gasteiger partial charge in [0.1, 0.15) is 0 Å². The van der Waals surface area contributed by atoms with Gasteiger partial charge in [-0.3, -0.25) is 4.79 Å². The molecule has 0 fully saturated rings. The molecule has 1 rings (SSSR count). The lowest BCUT2D eigenvalue weighted by atomic mass is 10.5. The normalized spacial score (nSPS) is 10.1. The molecule has 1 aromatic heterocycles. The smallest absolute Gasteiger partial charge is 0.239 e. The number of likely N-dealkylation sites (N-methyl/N-ethyl adjacent to an activating group) is 1. The van der Waals surface area contributed by atoms with Crippen LogP contribution in [0.3, 0.4) is 0 Å². The van der Waals surface area contributed by atoms with Crippen LogP contribution in [0.2, 0.25) is 0 Å². The number of hydrogen-bond donors (Lipinski definition) is 2. The number of nitrogens with zero attached hydrogens (tertiary/aromatic N) is 3. The highest BCUT2D eigenvalue weighted by Crippen LogP contribution is 2.00. The number of carbonyl (C=O) groups excluding carboxylic acids is 1. The van der Waals surface area contributed by atoms with Gasteiger partial charge in [0.2, 0.25) is 11.9 Å². The van der Waals surface area contributed by atoms with Crippen molar-refractivity contribution in [2.24, 2.45) is 0 Å². The molecule has 7 nitrogen and oxygen atoms in total. The number of aliphatic hydroxyl groups excluding tert-OH is 1. The molecule has 18 heavy (non-hydrogen) atoms. The average molecular weight is 254 g/mol. The van der Waals surface area contributed by atoms with Crippen molar-refractivity contribution in [3.05, 3.63) is 18.5 Å². The second-order valence-corrected chi connectivity index (χ2v) is 3.59. The minimum Gasteiger partial charge on any atom is -0.394 e. The van der Waals surface area contributed by atoms with Gasteiger partial charge in [-0.05, 0) is 6.07 Å². The van der Waals surface area contributed by atoms with Crippen LogP contribution in [0.15, 0.2) is 18.5 Å². The predicted octanol–water partition coefficient (Wildman–Crippen LogP) is -0.962. The van der Waals surface area contributed by atoms with Crippen molar-refractivity contribution in [2.75, 3.05) is 44.9 Å². The third-order valence-corrected chi connectivity index (χ3v) is 2.08. The molecule has 0 saturated carbocycles. The van der Waals surface area contributed by atoms with Gasteiger partial charge in [0, 0.05) is 26.0 Å². The molecule has 1 amide bonds. The van der Waals surface area contributed by atoms with Gasteiger partial charge >= 0.3 is 0 Å². The van der Waals surface area contributed by atoms with E-state index in [9.17, 15) is 4.79 Å². The van der Waals surface area contributed by atoms with Crippen molar-refractivity contribution in [1.29, 1.82) is 0 Å². The molecule has 0 aliphatic heterocycles. The molecule has 0 spiro atoms. The third kappa shape index (κ3) is 5.55. The van der Waals surface area contributed by atoms with Crippen molar-refractivity contribution in [3.63, 3.8) is 0 Å². The van der Waals surface area contributed by atoms with Crippen LogP contribution >= 0.6 is 0 Å². The predicted molar refractivity (Wildman–Crippen MR) is 66.2 cm³/mol. The Labute approximate surface area is 106 Å². The summed E-state index contributed by atoms with van der Waals surface area (Å²) in [4.78, 5) is 21.3. The maximum absolute atomic E-state index is 11.5. The van der Waals surface area contributed by atoms with Crippen molar-refractivity contribution in [3.8, 4) is 0 Å². The van der Waals surface area contributed by atoms with Crippen LogP contribution in [0.4, 0.5) is 5.95 Å². The van der Waals surface area contributed by atoms with Crippen LogP contribution in [0.1, 0.15) is 0 Å². The fraction of sp³-hybridized carbons (Fsp3) is 0.545. The molecule has 0 atom stereocenters. The summed E-state index contributed by atoms with van der Waals surface area (Å²) in [6, 6.07) is 1.72. The molecule has 0 unspecified atom stereocenters. The Morgan fingerprint density at radius 2 is 2.17 bits per heavy atom. The van der Waals surface area contributed by atoms with Crippen molar-refractivity contribution >= 4 is 11.9 Å². The zero-order valence-electron chi connectivity index (χ0n) is 10.4. The summed E-state index contributed by atoms with van der Waals surface area (Å²) in [7, 11) is 1.75. The summed E-state index contributed by atoms with van der Waals surface area (Å²) in [5, 5.41) is 11.2. The Morgan fingerprint density at radius 3 is 2.83 bits per heavy atom. The van der Waals surface area contributed by atoms with Gasteiger partial charge in [0.15, 0.2) is 0 Å². The SMILES string of the molecule is CN(CC(=O)NCCOCCO)c1ncccn1. The maximum Gasteiger partial charge on any atom is 0.239 e. The Bertz CT molecular complexity index is 347. The van der Waals surface area contributed by atoms with E-state index < -0.39 is 0 Å². The van der Waals surface area contributed by atoms with E-state index in [1.54, 1.807) is 30.4 Å². The van der Waals surface area contributed by atoms with E-state index in [1.807, 2.05) is 0 Å². The van der Waals surface area contributed by atoms with Gasteiger partial charge in [-0.25, -0.2) is 9.97 Å². The van der Waals surface area contributed by atoms with Crippen molar-refractivity contribution in [2.45, 2.75) is 0 Å². The minimum atomic E-state index is -0.127. The first-order valence-electron chi connectivity index (χ1n) is 5.67. The highest BCUT2D eigenvalue weighted by Gasteiger charge is 2.08. The number of carbonyl (C=O) groups is 1. The summed E-state index contributed by atoms with van der Waals surface area (Å²) in [6.07, 6.45) is 3.25. The lowest BCUT2D eigenvalue weighted by molar-refractivity contribution is -0.120. The molecule has 0 radical (unpaired) electrons. The molecule has 1 aromatic rings. The number of anilines is 1. The number of aromatic nitrogens is 2. The molecule has 0 aromatic carbocycles. The van der Waals surface area contributed by atoms with E-state index in [4.69, 9.17) is 9.84 Å². The van der Waals surface area contributed by atoms with E-state index >= 15 is 0 Å². The van der Waals surface area contributed by atoms with Crippen LogP contribution in [-0.4, -0.2) is 60.9 Å². The molecule has 0 bridgehead atoms. The number of ether oxygens (including phenoxy) is 1. The average Bonchev–Trinajstić information content (AvgIpc) is 2.39. The molecule has 7 heteroatoms. The zero-order chi connectivity index (χ0) is 13.2. The molecule has 100 valence electrons. The lowest BCUT2D eigenvalue weighted by Crippen LogP contribution is -2.37. The number of hydrogen-bond acceptors (Lipinski definition) is 6. The minimum absolute atomic E-state index is 0.0119. The van der Waals surface area contributed by atoms with Gasteiger partial charge < -0.3 is 20.1 Å². The van der Waals surface area contributed by atoms with Crippen LogP contribution in [0, 0.1) is 0 Å². The zero-order valence-corrected chi connectivity index (χ0v) is 10.4. The van der Waals surface area contributed by atoms with Crippen molar-refractivity contribution in [1.82, 2.24) is 15.3 Å². The fourth-order valence-electron chi connectivity index (χ4n) is 1.26. The number of rotatable bonds is 8. The van der Waals surface area contributed by atoms with Crippen LogP contribution < -0.4 is 10.2 Å². The van der Waals surface area contributed by atoms with E-state index in [-0.39, 0.29) is 25.7 Å². The Kier molecular flexibility index (Phi) is 6.67. The molecule has 2 N–H and O–H groups in total. The highest BCUT2D eigenvalue weighted by molar-refractivity contribution is 5.80. The summed E-state index contributed by atoms with van der Waals surface area (Å²) in [5.41, 5.74) is 0. The first kappa shape index (κ1) is 14.3. The second kappa shape index (κ2) is 8.37. The van der Waals surface area contributed by atoms with Gasteiger partial charge in [-0.1, -0.05) is 0 Å². The fourth-order valence-corrected chi connectivity index (χ4v) is 1.26. The molecular weight excluding hydrogens is 236 g/mol. The maximum atomic E-state index is 11.5. The highest BCUT2D eigenvalue weighted by atomic mass is 16.5. The summed E-state index contributed by atoms with van der Waals surface area (Å²) in [5.74, 6) is 0.377. The molecule has 1 heterocycles. The summed E-state index contributed by atoms with van der Waals surface area (Å²) < 4.78 is 5.02. The summed E-state index contributed by atoms with van der Waals surface area (Å²) in [6.45, 7) is 1.26. The largest absolute Gasteiger partial charge is 0.394 e. The van der Waals surface area contributed by atoms with E-state index in [0.717, 1.165) is 0 Å². The first-order chi connectivity index (χ1) is 8.74. The molecule has 0 aliphatic carbocycles. The molecule has 0 saturated heterocycles.